The number of carboxylic acids is 1. The number of rotatable bonds is 9. The number of hydrogen-bond acceptors (Lipinski definition) is 5. The monoisotopic (exact) mass is 376 g/mol. The van der Waals surface area contributed by atoms with E-state index < -0.39 is 29.9 Å². The fraction of sp³-hybridized carbons (Fsp3) is 0.444. The lowest BCUT2D eigenvalue weighted by atomic mass is 10.0. The van der Waals surface area contributed by atoms with Gasteiger partial charge in [0.1, 0.15) is 12.1 Å². The van der Waals surface area contributed by atoms with Crippen molar-refractivity contribution in [3.8, 4) is 0 Å². The molecule has 0 bridgehead atoms. The normalized spacial score (nSPS) is 16.4. The van der Waals surface area contributed by atoms with Gasteiger partial charge < -0.3 is 26.4 Å². The van der Waals surface area contributed by atoms with Gasteiger partial charge in [-0.05, 0) is 12.0 Å². The number of primary amides is 1. The minimum Gasteiger partial charge on any atom is -0.480 e. The first-order valence-electron chi connectivity index (χ1n) is 8.74. The molecule has 3 amide bonds. The van der Waals surface area contributed by atoms with Crippen molar-refractivity contribution in [3.63, 3.8) is 0 Å². The van der Waals surface area contributed by atoms with Crippen molar-refractivity contribution < 1.29 is 24.3 Å². The van der Waals surface area contributed by atoms with Crippen LogP contribution in [0.25, 0.3) is 0 Å². The summed E-state index contributed by atoms with van der Waals surface area (Å²) in [4.78, 5) is 48.9. The standard InChI is InChI=1S/C18H24N4O5/c19-15(23)7-6-13(18(26)27)21-17(25)14(10-12-4-2-1-3-5-12)22-9-8-20-11-16(22)24/h1-5,13-14,20H,6-11H2,(H2,19,23)(H,21,25)(H,26,27)/t13-,14-/m0/s1. The van der Waals surface area contributed by atoms with Crippen LogP contribution in [0.1, 0.15) is 18.4 Å². The van der Waals surface area contributed by atoms with Crippen LogP contribution in [0.2, 0.25) is 0 Å². The molecule has 0 spiro atoms. The van der Waals surface area contributed by atoms with Gasteiger partial charge in [0.05, 0.1) is 6.54 Å². The van der Waals surface area contributed by atoms with Crippen LogP contribution in [0.5, 0.6) is 0 Å². The highest BCUT2D eigenvalue weighted by Gasteiger charge is 2.33. The van der Waals surface area contributed by atoms with Gasteiger partial charge in [0.25, 0.3) is 0 Å². The molecule has 0 aliphatic carbocycles. The summed E-state index contributed by atoms with van der Waals surface area (Å²) in [5.41, 5.74) is 5.92. The molecule has 1 saturated heterocycles. The van der Waals surface area contributed by atoms with Gasteiger partial charge >= 0.3 is 5.97 Å². The number of nitrogens with two attached hydrogens (primary N) is 1. The van der Waals surface area contributed by atoms with E-state index in [9.17, 15) is 24.3 Å². The van der Waals surface area contributed by atoms with E-state index in [2.05, 4.69) is 10.6 Å². The van der Waals surface area contributed by atoms with Crippen LogP contribution in [0.4, 0.5) is 0 Å². The minimum atomic E-state index is -1.25. The van der Waals surface area contributed by atoms with Gasteiger partial charge in [-0.15, -0.1) is 0 Å². The average molecular weight is 376 g/mol. The van der Waals surface area contributed by atoms with Crippen molar-refractivity contribution in [2.45, 2.75) is 31.3 Å². The van der Waals surface area contributed by atoms with E-state index in [1.165, 1.54) is 4.90 Å². The van der Waals surface area contributed by atoms with E-state index in [1.54, 1.807) is 0 Å². The molecular weight excluding hydrogens is 352 g/mol. The van der Waals surface area contributed by atoms with Crippen molar-refractivity contribution >= 4 is 23.7 Å². The first-order valence-corrected chi connectivity index (χ1v) is 8.74. The highest BCUT2D eigenvalue weighted by Crippen LogP contribution is 2.12. The van der Waals surface area contributed by atoms with E-state index in [4.69, 9.17) is 5.73 Å². The quantitative estimate of drug-likeness (QED) is 0.429. The molecule has 1 aromatic carbocycles. The first-order chi connectivity index (χ1) is 12.9. The summed E-state index contributed by atoms with van der Waals surface area (Å²) < 4.78 is 0. The summed E-state index contributed by atoms with van der Waals surface area (Å²) in [5.74, 6) is -2.68. The fourth-order valence-electron chi connectivity index (χ4n) is 2.94. The third kappa shape index (κ3) is 6.07. The molecule has 2 atom stereocenters. The third-order valence-corrected chi connectivity index (χ3v) is 4.37. The molecule has 5 N–H and O–H groups in total. The Labute approximate surface area is 156 Å². The SMILES string of the molecule is NC(=O)CC[C@H](NC(=O)[C@H](Cc1ccccc1)N1CCNCC1=O)C(=O)O. The molecule has 0 unspecified atom stereocenters. The summed E-state index contributed by atoms with van der Waals surface area (Å²) in [6.45, 7) is 1.03. The summed E-state index contributed by atoms with van der Waals surface area (Å²) in [7, 11) is 0. The van der Waals surface area contributed by atoms with Crippen LogP contribution in [0, 0.1) is 0 Å². The number of carbonyl (C=O) groups is 4. The van der Waals surface area contributed by atoms with Crippen LogP contribution >= 0.6 is 0 Å². The summed E-state index contributed by atoms with van der Waals surface area (Å²) >= 11 is 0. The molecule has 146 valence electrons. The van der Waals surface area contributed by atoms with Crippen LogP contribution in [0.3, 0.4) is 0 Å². The van der Waals surface area contributed by atoms with Crippen LogP contribution in [-0.2, 0) is 25.6 Å². The maximum Gasteiger partial charge on any atom is 0.326 e. The maximum absolute atomic E-state index is 12.8. The molecule has 1 aliphatic heterocycles. The van der Waals surface area contributed by atoms with Crippen molar-refractivity contribution in [3.05, 3.63) is 35.9 Å². The number of carboxylic acid groups (broad SMARTS) is 1. The Morgan fingerprint density at radius 2 is 1.96 bits per heavy atom. The predicted octanol–water partition coefficient (Wildman–Crippen LogP) is -1.14. The molecule has 1 aliphatic rings. The Morgan fingerprint density at radius 3 is 2.56 bits per heavy atom. The van der Waals surface area contributed by atoms with Crippen molar-refractivity contribution in [1.29, 1.82) is 0 Å². The van der Waals surface area contributed by atoms with Gasteiger partial charge in [-0.2, -0.15) is 0 Å². The second-order valence-corrected chi connectivity index (χ2v) is 6.37. The maximum atomic E-state index is 12.8. The fourth-order valence-corrected chi connectivity index (χ4v) is 2.94. The lowest BCUT2D eigenvalue weighted by molar-refractivity contribution is -0.145. The topological polar surface area (TPSA) is 142 Å². The number of nitrogens with one attached hydrogen (secondary N) is 2. The summed E-state index contributed by atoms with van der Waals surface area (Å²) in [5, 5.41) is 14.7. The number of benzene rings is 1. The molecule has 1 aromatic rings. The van der Waals surface area contributed by atoms with E-state index in [1.807, 2.05) is 30.3 Å². The number of hydrogen-bond donors (Lipinski definition) is 4. The number of carbonyl (C=O) groups excluding carboxylic acids is 3. The average Bonchev–Trinajstić information content (AvgIpc) is 2.64. The molecule has 1 heterocycles. The van der Waals surface area contributed by atoms with Crippen LogP contribution in [0.15, 0.2) is 30.3 Å². The zero-order chi connectivity index (χ0) is 19.8. The van der Waals surface area contributed by atoms with E-state index in [-0.39, 0.29) is 31.7 Å². The molecule has 9 nitrogen and oxygen atoms in total. The van der Waals surface area contributed by atoms with Gasteiger partial charge in [0.15, 0.2) is 0 Å². The van der Waals surface area contributed by atoms with Gasteiger partial charge in [-0.25, -0.2) is 4.79 Å². The summed E-state index contributed by atoms with van der Waals surface area (Å²) in [6.07, 6.45) is -0.00228. The van der Waals surface area contributed by atoms with Gasteiger partial charge in [-0.1, -0.05) is 30.3 Å². The van der Waals surface area contributed by atoms with Gasteiger partial charge in [0, 0.05) is 25.9 Å². The van der Waals surface area contributed by atoms with Crippen molar-refractivity contribution in [2.24, 2.45) is 5.73 Å². The Kier molecular flexibility index (Phi) is 7.30. The van der Waals surface area contributed by atoms with E-state index in [0.717, 1.165) is 5.56 Å². The molecule has 27 heavy (non-hydrogen) atoms. The third-order valence-electron chi connectivity index (χ3n) is 4.37. The Morgan fingerprint density at radius 1 is 1.26 bits per heavy atom. The summed E-state index contributed by atoms with van der Waals surface area (Å²) in [6, 6.07) is 7.11. The molecule has 0 saturated carbocycles. The second kappa shape index (κ2) is 9.67. The Bertz CT molecular complexity index is 694. The number of aliphatic carboxylic acids is 1. The molecule has 0 radical (unpaired) electrons. The van der Waals surface area contributed by atoms with Crippen molar-refractivity contribution in [1.82, 2.24) is 15.5 Å². The molecule has 1 fully saturated rings. The zero-order valence-electron chi connectivity index (χ0n) is 14.9. The Balaban J connectivity index is 2.17. The highest BCUT2D eigenvalue weighted by molar-refractivity contribution is 5.91. The molecule has 0 aromatic heterocycles. The number of piperazine rings is 1. The van der Waals surface area contributed by atoms with E-state index in [0.29, 0.717) is 13.1 Å². The number of nitrogens with zero attached hydrogens (tertiary/aromatic N) is 1. The largest absolute Gasteiger partial charge is 0.480 e. The number of amides is 3. The van der Waals surface area contributed by atoms with E-state index >= 15 is 0 Å². The zero-order valence-corrected chi connectivity index (χ0v) is 14.9. The lowest BCUT2D eigenvalue weighted by Gasteiger charge is -2.34. The molecule has 9 heteroatoms. The van der Waals surface area contributed by atoms with Gasteiger partial charge in [0.2, 0.25) is 17.7 Å². The second-order valence-electron chi connectivity index (χ2n) is 6.37. The minimum absolute atomic E-state index is 0.107. The molecule has 2 rings (SSSR count). The van der Waals surface area contributed by atoms with Crippen LogP contribution in [-0.4, -0.2) is 65.4 Å². The predicted molar refractivity (Wildman–Crippen MR) is 96.5 cm³/mol. The van der Waals surface area contributed by atoms with Crippen molar-refractivity contribution in [2.75, 3.05) is 19.6 Å². The molecular formula is C18H24N4O5. The highest BCUT2D eigenvalue weighted by atomic mass is 16.4. The smallest absolute Gasteiger partial charge is 0.326 e. The first kappa shape index (κ1) is 20.4. The van der Waals surface area contributed by atoms with Gasteiger partial charge in [-0.3, -0.25) is 14.4 Å². The Hall–Kier alpha value is -2.94. The lowest BCUT2D eigenvalue weighted by Crippen LogP contribution is -2.59. The van der Waals surface area contributed by atoms with Crippen LogP contribution < -0.4 is 16.4 Å².